The van der Waals surface area contributed by atoms with Gasteiger partial charge in [-0.2, -0.15) is 13.9 Å². The number of halogens is 3. The lowest BCUT2D eigenvalue weighted by Gasteiger charge is -2.11. The minimum atomic E-state index is -2.99. The number of aromatic nitrogens is 2. The zero-order valence-corrected chi connectivity index (χ0v) is 16.4. The van der Waals surface area contributed by atoms with Crippen molar-refractivity contribution in [3.63, 3.8) is 0 Å². The summed E-state index contributed by atoms with van der Waals surface area (Å²) in [5.41, 5.74) is 2.03. The zero-order valence-electron chi connectivity index (χ0n) is 15.7. The van der Waals surface area contributed by atoms with E-state index in [0.717, 1.165) is 11.3 Å². The van der Waals surface area contributed by atoms with E-state index in [-0.39, 0.29) is 17.1 Å². The van der Waals surface area contributed by atoms with E-state index in [1.165, 1.54) is 25.3 Å². The summed E-state index contributed by atoms with van der Waals surface area (Å²) in [6.45, 7) is -0.627. The first-order valence-electron chi connectivity index (χ1n) is 8.59. The van der Waals surface area contributed by atoms with Crippen LogP contribution in [0.4, 0.5) is 14.6 Å². The van der Waals surface area contributed by atoms with Crippen LogP contribution in [0.25, 0.3) is 0 Å². The molecule has 0 spiro atoms. The van der Waals surface area contributed by atoms with E-state index in [0.29, 0.717) is 17.4 Å². The Morgan fingerprint density at radius 1 is 1.21 bits per heavy atom. The Balaban J connectivity index is 1.74. The number of anilines is 1. The highest BCUT2D eigenvalue weighted by atomic mass is 35.5. The van der Waals surface area contributed by atoms with Crippen LogP contribution in [0.5, 0.6) is 11.5 Å². The number of carbonyl (C=O) groups is 1. The number of methoxy groups -OCH3 is 1. The second-order valence-corrected chi connectivity index (χ2v) is 6.59. The summed E-state index contributed by atoms with van der Waals surface area (Å²) < 4.78 is 36.0. The van der Waals surface area contributed by atoms with Crippen molar-refractivity contribution in [2.24, 2.45) is 0 Å². The van der Waals surface area contributed by atoms with Gasteiger partial charge in [-0.25, -0.2) is 0 Å². The van der Waals surface area contributed by atoms with Crippen LogP contribution in [0.3, 0.4) is 0 Å². The monoisotopic (exact) mass is 421 g/mol. The largest absolute Gasteiger partial charge is 0.493 e. The molecule has 0 saturated carbocycles. The molecule has 0 atom stereocenters. The Morgan fingerprint density at radius 3 is 2.69 bits per heavy atom. The average Bonchev–Trinajstić information content (AvgIpc) is 3.00. The van der Waals surface area contributed by atoms with Crippen LogP contribution in [0.15, 0.2) is 48.5 Å². The smallest absolute Gasteiger partial charge is 0.387 e. The number of hydrogen-bond acceptors (Lipinski definition) is 4. The maximum atomic E-state index is 12.5. The SMILES string of the molecule is COc1cc(C(=O)Nc2cc(C)n(Cc3cccc(Cl)c3)n2)ccc1OC(F)F. The summed E-state index contributed by atoms with van der Waals surface area (Å²) >= 11 is 6.01. The summed E-state index contributed by atoms with van der Waals surface area (Å²) in [7, 11) is 1.30. The van der Waals surface area contributed by atoms with Gasteiger partial charge < -0.3 is 14.8 Å². The third-order valence-electron chi connectivity index (χ3n) is 4.09. The Kier molecular flexibility index (Phi) is 6.33. The van der Waals surface area contributed by atoms with Crippen LogP contribution in [0.1, 0.15) is 21.6 Å². The number of hydrogen-bond donors (Lipinski definition) is 1. The molecule has 1 N–H and O–H groups in total. The average molecular weight is 422 g/mol. The molecule has 0 fully saturated rings. The molecule has 0 aliphatic rings. The van der Waals surface area contributed by atoms with Crippen LogP contribution in [0.2, 0.25) is 5.02 Å². The van der Waals surface area contributed by atoms with Crippen molar-refractivity contribution in [2.75, 3.05) is 12.4 Å². The molecular formula is C20H18ClF2N3O3. The molecule has 1 heterocycles. The van der Waals surface area contributed by atoms with Crippen LogP contribution >= 0.6 is 11.6 Å². The van der Waals surface area contributed by atoms with Gasteiger partial charge in [0, 0.05) is 22.3 Å². The molecule has 6 nitrogen and oxygen atoms in total. The van der Waals surface area contributed by atoms with Gasteiger partial charge in [0.05, 0.1) is 13.7 Å². The number of nitrogens with zero attached hydrogens (tertiary/aromatic N) is 2. The van der Waals surface area contributed by atoms with Crippen molar-refractivity contribution in [3.8, 4) is 11.5 Å². The molecule has 3 rings (SSSR count). The lowest BCUT2D eigenvalue weighted by Crippen LogP contribution is -2.13. The first kappa shape index (κ1) is 20.6. The fraction of sp³-hybridized carbons (Fsp3) is 0.200. The van der Waals surface area contributed by atoms with E-state index in [1.807, 2.05) is 25.1 Å². The van der Waals surface area contributed by atoms with Gasteiger partial charge in [0.1, 0.15) is 0 Å². The summed E-state index contributed by atoms with van der Waals surface area (Å²) in [5.74, 6) is -0.220. The molecular weight excluding hydrogens is 404 g/mol. The molecule has 9 heteroatoms. The Hall–Kier alpha value is -3.13. The molecule has 2 aromatic carbocycles. The molecule has 29 heavy (non-hydrogen) atoms. The molecule has 0 aliphatic carbocycles. The van der Waals surface area contributed by atoms with Crippen molar-refractivity contribution in [3.05, 3.63) is 70.4 Å². The normalized spacial score (nSPS) is 10.8. The molecule has 1 amide bonds. The van der Waals surface area contributed by atoms with Crippen molar-refractivity contribution in [1.82, 2.24) is 9.78 Å². The Bertz CT molecular complexity index is 1020. The molecule has 0 bridgehead atoms. The molecule has 0 saturated heterocycles. The minimum absolute atomic E-state index is 0.0283. The highest BCUT2D eigenvalue weighted by Crippen LogP contribution is 2.29. The standard InChI is InChI=1S/C20H18ClF2N3O3/c1-12-8-18(25-26(12)11-13-4-3-5-15(21)9-13)24-19(27)14-6-7-16(29-20(22)23)17(10-14)28-2/h3-10,20H,11H2,1-2H3,(H,24,25,27). The zero-order chi connectivity index (χ0) is 21.0. The lowest BCUT2D eigenvalue weighted by atomic mass is 10.2. The van der Waals surface area contributed by atoms with Crippen LogP contribution in [0, 0.1) is 6.92 Å². The number of nitrogens with one attached hydrogen (secondary N) is 1. The Morgan fingerprint density at radius 2 is 2.00 bits per heavy atom. The van der Waals surface area contributed by atoms with E-state index in [1.54, 1.807) is 16.8 Å². The van der Waals surface area contributed by atoms with E-state index in [9.17, 15) is 13.6 Å². The van der Waals surface area contributed by atoms with Gasteiger partial charge in [-0.1, -0.05) is 23.7 Å². The van der Waals surface area contributed by atoms with Crippen molar-refractivity contribution in [2.45, 2.75) is 20.1 Å². The maximum absolute atomic E-state index is 12.5. The van der Waals surface area contributed by atoms with Gasteiger partial charge in [-0.3, -0.25) is 9.48 Å². The van der Waals surface area contributed by atoms with Gasteiger partial charge >= 0.3 is 6.61 Å². The highest BCUT2D eigenvalue weighted by molar-refractivity contribution is 6.30. The van der Waals surface area contributed by atoms with Gasteiger partial charge in [-0.15, -0.1) is 0 Å². The second kappa shape index (κ2) is 8.91. The van der Waals surface area contributed by atoms with Gasteiger partial charge in [0.2, 0.25) is 0 Å². The summed E-state index contributed by atoms with van der Waals surface area (Å²) in [6.07, 6.45) is 0. The molecule has 3 aromatic rings. The van der Waals surface area contributed by atoms with Crippen molar-refractivity contribution >= 4 is 23.3 Å². The number of carbonyl (C=O) groups excluding carboxylic acids is 1. The predicted molar refractivity (Wildman–Crippen MR) is 105 cm³/mol. The van der Waals surface area contributed by atoms with Gasteiger partial charge in [0.15, 0.2) is 17.3 Å². The maximum Gasteiger partial charge on any atom is 0.387 e. The van der Waals surface area contributed by atoms with Crippen LogP contribution < -0.4 is 14.8 Å². The fourth-order valence-electron chi connectivity index (χ4n) is 2.73. The second-order valence-electron chi connectivity index (χ2n) is 6.16. The topological polar surface area (TPSA) is 65.4 Å². The first-order valence-corrected chi connectivity index (χ1v) is 8.96. The fourth-order valence-corrected chi connectivity index (χ4v) is 2.94. The first-order chi connectivity index (χ1) is 13.9. The van der Waals surface area contributed by atoms with Crippen LogP contribution in [-0.2, 0) is 6.54 Å². The highest BCUT2D eigenvalue weighted by Gasteiger charge is 2.15. The Labute approximate surface area is 171 Å². The third kappa shape index (κ3) is 5.23. The van der Waals surface area contributed by atoms with E-state index >= 15 is 0 Å². The van der Waals surface area contributed by atoms with Crippen LogP contribution in [-0.4, -0.2) is 29.4 Å². The summed E-state index contributed by atoms with van der Waals surface area (Å²) in [5, 5.41) is 7.71. The quantitative estimate of drug-likeness (QED) is 0.597. The van der Waals surface area contributed by atoms with E-state index in [4.69, 9.17) is 16.3 Å². The van der Waals surface area contributed by atoms with Gasteiger partial charge in [-0.05, 0) is 42.8 Å². The molecule has 0 unspecified atom stereocenters. The van der Waals surface area contributed by atoms with E-state index < -0.39 is 12.5 Å². The molecule has 152 valence electrons. The number of aryl methyl sites for hydroxylation is 1. The molecule has 0 radical (unpaired) electrons. The third-order valence-corrected chi connectivity index (χ3v) is 4.32. The molecule has 0 aliphatic heterocycles. The summed E-state index contributed by atoms with van der Waals surface area (Å²) in [6, 6.07) is 13.1. The summed E-state index contributed by atoms with van der Waals surface area (Å²) in [4.78, 5) is 12.5. The van der Waals surface area contributed by atoms with E-state index in [2.05, 4.69) is 15.2 Å². The lowest BCUT2D eigenvalue weighted by molar-refractivity contribution is -0.0512. The number of rotatable bonds is 7. The number of alkyl halides is 2. The predicted octanol–water partition coefficient (Wildman–Crippen LogP) is 4.76. The number of amides is 1. The van der Waals surface area contributed by atoms with Crippen molar-refractivity contribution < 1.29 is 23.0 Å². The molecule has 1 aromatic heterocycles. The van der Waals surface area contributed by atoms with Gasteiger partial charge in [0.25, 0.3) is 5.91 Å². The van der Waals surface area contributed by atoms with Crippen molar-refractivity contribution in [1.29, 1.82) is 0 Å². The number of benzene rings is 2. The minimum Gasteiger partial charge on any atom is -0.493 e. The number of ether oxygens (including phenoxy) is 2.